The van der Waals surface area contributed by atoms with E-state index < -0.39 is 9.84 Å². The molecule has 4 rings (SSSR count). The van der Waals surface area contributed by atoms with E-state index >= 15 is 0 Å². The lowest BCUT2D eigenvalue weighted by Crippen LogP contribution is -2.43. The van der Waals surface area contributed by atoms with Gasteiger partial charge in [-0.1, -0.05) is 60.7 Å². The first kappa shape index (κ1) is 33.4. The number of nitrogens with one attached hydrogen (secondary N) is 2. The van der Waals surface area contributed by atoms with Gasteiger partial charge in [0.2, 0.25) is 0 Å². The number of carbonyl (C=O) groups is 2. The van der Waals surface area contributed by atoms with Gasteiger partial charge in [0, 0.05) is 30.4 Å². The van der Waals surface area contributed by atoms with E-state index in [4.69, 9.17) is 0 Å². The van der Waals surface area contributed by atoms with Crippen LogP contribution in [0.4, 0.5) is 10.5 Å². The number of amides is 2. The standard InChI is InChI=1S/C35H46N4O4S/c1-27-9-8-10-28(2)33(27)37-34(41)36-32(30-11-6-5-7-12-30)17-21-39-23-19-35(26-40,20-24-39)18-22-38(3)25-29-13-15-31(16-14-29)44(4,42)43/h5-16,26,32H,17-25H2,1-4H3,(H2,36,37,41). The third kappa shape index (κ3) is 9.24. The topological polar surface area (TPSA) is 98.8 Å². The molecule has 1 saturated heterocycles. The average Bonchev–Trinajstić information content (AvgIpc) is 3.01. The molecule has 0 radical (unpaired) electrons. The minimum atomic E-state index is -3.21. The van der Waals surface area contributed by atoms with Crippen molar-refractivity contribution in [1.29, 1.82) is 0 Å². The first-order valence-electron chi connectivity index (χ1n) is 15.3. The van der Waals surface area contributed by atoms with E-state index in [9.17, 15) is 18.0 Å². The monoisotopic (exact) mass is 618 g/mol. The fraction of sp³-hybridized carbons (Fsp3) is 0.429. The highest BCUT2D eigenvalue weighted by Gasteiger charge is 2.34. The van der Waals surface area contributed by atoms with Gasteiger partial charge in [0.1, 0.15) is 6.29 Å². The van der Waals surface area contributed by atoms with E-state index in [2.05, 4.69) is 20.4 Å². The molecule has 0 bridgehead atoms. The van der Waals surface area contributed by atoms with Gasteiger partial charge in [-0.05, 0) is 101 Å². The first-order valence-corrected chi connectivity index (χ1v) is 17.2. The Hall–Kier alpha value is -3.53. The van der Waals surface area contributed by atoms with Crippen LogP contribution in [0.2, 0.25) is 0 Å². The van der Waals surface area contributed by atoms with E-state index in [1.807, 2.05) is 81.6 Å². The summed E-state index contributed by atoms with van der Waals surface area (Å²) in [6.45, 7) is 7.95. The molecule has 1 fully saturated rings. The van der Waals surface area contributed by atoms with Crippen LogP contribution in [0.1, 0.15) is 54.0 Å². The van der Waals surface area contributed by atoms with E-state index in [-0.39, 0.29) is 17.5 Å². The molecule has 3 aromatic rings. The highest BCUT2D eigenvalue weighted by molar-refractivity contribution is 7.90. The molecule has 2 N–H and O–H groups in total. The highest BCUT2D eigenvalue weighted by atomic mass is 32.2. The van der Waals surface area contributed by atoms with Gasteiger partial charge in [-0.15, -0.1) is 0 Å². The van der Waals surface area contributed by atoms with Gasteiger partial charge in [0.15, 0.2) is 9.84 Å². The summed E-state index contributed by atoms with van der Waals surface area (Å²) in [6, 6.07) is 22.7. The molecular weight excluding hydrogens is 572 g/mol. The van der Waals surface area contributed by atoms with Crippen LogP contribution in [0.3, 0.4) is 0 Å². The maximum Gasteiger partial charge on any atom is 0.319 e. The van der Waals surface area contributed by atoms with Crippen molar-refractivity contribution in [2.24, 2.45) is 5.41 Å². The molecule has 236 valence electrons. The number of carbonyl (C=O) groups excluding carboxylic acids is 2. The Morgan fingerprint density at radius 3 is 2.20 bits per heavy atom. The number of benzene rings is 3. The van der Waals surface area contributed by atoms with Gasteiger partial charge in [-0.3, -0.25) is 0 Å². The Kier molecular flexibility index (Phi) is 11.4. The second-order valence-corrected chi connectivity index (χ2v) is 14.4. The van der Waals surface area contributed by atoms with Gasteiger partial charge in [0.05, 0.1) is 10.9 Å². The van der Waals surface area contributed by atoms with Crippen molar-refractivity contribution in [2.45, 2.75) is 57.0 Å². The number of aldehydes is 1. The summed E-state index contributed by atoms with van der Waals surface area (Å²) in [7, 11) is -1.18. The lowest BCUT2D eigenvalue weighted by Gasteiger charge is -2.39. The predicted octanol–water partition coefficient (Wildman–Crippen LogP) is 5.76. The zero-order valence-electron chi connectivity index (χ0n) is 26.4. The van der Waals surface area contributed by atoms with Crippen LogP contribution in [-0.2, 0) is 21.2 Å². The van der Waals surface area contributed by atoms with Crippen molar-refractivity contribution >= 4 is 27.8 Å². The molecule has 1 aliphatic rings. The number of aryl methyl sites for hydroxylation is 2. The zero-order valence-corrected chi connectivity index (χ0v) is 27.2. The molecule has 2 amide bonds. The number of likely N-dealkylation sites (tertiary alicyclic amines) is 1. The van der Waals surface area contributed by atoms with Crippen LogP contribution < -0.4 is 10.6 Å². The number of hydrogen-bond donors (Lipinski definition) is 2. The van der Waals surface area contributed by atoms with Gasteiger partial charge in [-0.25, -0.2) is 13.2 Å². The number of anilines is 1. The molecule has 0 spiro atoms. The van der Waals surface area contributed by atoms with Crippen LogP contribution in [0.25, 0.3) is 0 Å². The fourth-order valence-corrected chi connectivity index (χ4v) is 6.56. The smallest absolute Gasteiger partial charge is 0.319 e. The van der Waals surface area contributed by atoms with Gasteiger partial charge in [-0.2, -0.15) is 0 Å². The normalized spacial score (nSPS) is 15.9. The number of rotatable bonds is 13. The Bertz CT molecular complexity index is 1480. The number of para-hydroxylation sites is 1. The first-order chi connectivity index (χ1) is 21.0. The number of hydrogen-bond acceptors (Lipinski definition) is 6. The molecule has 3 aromatic carbocycles. The van der Waals surface area contributed by atoms with Gasteiger partial charge >= 0.3 is 6.03 Å². The average molecular weight is 619 g/mol. The molecule has 1 atom stereocenters. The maximum atomic E-state index is 13.1. The lowest BCUT2D eigenvalue weighted by atomic mass is 9.77. The lowest BCUT2D eigenvalue weighted by molar-refractivity contribution is -0.119. The Balaban J connectivity index is 1.28. The van der Waals surface area contributed by atoms with Crippen molar-refractivity contribution in [3.8, 4) is 0 Å². The van der Waals surface area contributed by atoms with Crippen LogP contribution in [-0.4, -0.2) is 70.0 Å². The summed E-state index contributed by atoms with van der Waals surface area (Å²) in [5, 5.41) is 6.25. The molecule has 1 unspecified atom stereocenters. The molecule has 0 aliphatic carbocycles. The van der Waals surface area contributed by atoms with E-state index in [0.717, 1.165) is 86.1 Å². The number of sulfone groups is 1. The summed E-state index contributed by atoms with van der Waals surface area (Å²) >= 11 is 0. The molecule has 1 heterocycles. The second kappa shape index (κ2) is 15.0. The van der Waals surface area contributed by atoms with Crippen LogP contribution in [0.5, 0.6) is 0 Å². The zero-order chi connectivity index (χ0) is 31.7. The molecule has 44 heavy (non-hydrogen) atoms. The van der Waals surface area contributed by atoms with Gasteiger partial charge < -0.3 is 25.2 Å². The molecule has 0 saturated carbocycles. The van der Waals surface area contributed by atoms with Crippen molar-refractivity contribution in [3.63, 3.8) is 0 Å². The Labute approximate surface area is 262 Å². The minimum Gasteiger partial charge on any atom is -0.331 e. The SMILES string of the molecule is Cc1cccc(C)c1NC(=O)NC(CCN1CCC(C=O)(CCN(C)Cc2ccc(S(C)(=O)=O)cc2)CC1)c1ccccc1. The highest BCUT2D eigenvalue weighted by Crippen LogP contribution is 2.34. The maximum absolute atomic E-state index is 13.1. The quantitative estimate of drug-likeness (QED) is 0.236. The molecule has 8 nitrogen and oxygen atoms in total. The molecule has 1 aliphatic heterocycles. The Morgan fingerprint density at radius 1 is 0.977 bits per heavy atom. The fourth-order valence-electron chi connectivity index (χ4n) is 5.93. The van der Waals surface area contributed by atoms with Crippen LogP contribution in [0, 0.1) is 19.3 Å². The summed E-state index contributed by atoms with van der Waals surface area (Å²) < 4.78 is 23.5. The minimum absolute atomic E-state index is 0.140. The summed E-state index contributed by atoms with van der Waals surface area (Å²) in [6.07, 6.45) is 5.54. The molecular formula is C35H46N4O4S. The van der Waals surface area contributed by atoms with Crippen molar-refractivity contribution in [1.82, 2.24) is 15.1 Å². The molecule has 9 heteroatoms. The van der Waals surface area contributed by atoms with Crippen molar-refractivity contribution < 1.29 is 18.0 Å². The Morgan fingerprint density at radius 2 is 1.61 bits per heavy atom. The summed E-state index contributed by atoms with van der Waals surface area (Å²) in [5.74, 6) is 0. The second-order valence-electron chi connectivity index (χ2n) is 12.3. The third-order valence-corrected chi connectivity index (χ3v) is 9.99. The number of urea groups is 1. The summed E-state index contributed by atoms with van der Waals surface area (Å²) in [4.78, 5) is 30.3. The predicted molar refractivity (Wildman–Crippen MR) is 177 cm³/mol. The van der Waals surface area contributed by atoms with E-state index in [1.165, 1.54) is 6.26 Å². The van der Waals surface area contributed by atoms with Crippen LogP contribution in [0.15, 0.2) is 77.7 Å². The summed E-state index contributed by atoms with van der Waals surface area (Å²) in [5.41, 5.74) is 4.66. The van der Waals surface area contributed by atoms with E-state index in [1.54, 1.807) is 12.1 Å². The van der Waals surface area contributed by atoms with E-state index in [0.29, 0.717) is 11.4 Å². The largest absolute Gasteiger partial charge is 0.331 e. The van der Waals surface area contributed by atoms with Gasteiger partial charge in [0.25, 0.3) is 0 Å². The number of piperidine rings is 1. The third-order valence-electron chi connectivity index (χ3n) is 8.86. The van der Waals surface area contributed by atoms with Crippen molar-refractivity contribution in [3.05, 3.63) is 95.1 Å². The van der Waals surface area contributed by atoms with Crippen molar-refractivity contribution in [2.75, 3.05) is 44.8 Å². The molecule has 0 aromatic heterocycles. The van der Waals surface area contributed by atoms with Crippen LogP contribution >= 0.6 is 0 Å². The number of nitrogens with zero attached hydrogens (tertiary/aromatic N) is 2.